The molecule has 0 saturated heterocycles. The second kappa shape index (κ2) is 7.97. The van der Waals surface area contributed by atoms with Crippen molar-refractivity contribution in [3.63, 3.8) is 0 Å². The fourth-order valence-corrected chi connectivity index (χ4v) is 1.84. The number of hydrogen-bond acceptors (Lipinski definition) is 3. The summed E-state index contributed by atoms with van der Waals surface area (Å²) in [6, 6.07) is 0. The molecule has 1 aliphatic carbocycles. The number of rotatable bonds is 1. The highest BCUT2D eigenvalue weighted by atomic mass is 16.5. The first kappa shape index (κ1) is 12.8. The van der Waals surface area contributed by atoms with E-state index in [9.17, 15) is 0 Å². The van der Waals surface area contributed by atoms with E-state index in [0.29, 0.717) is 11.5 Å². The lowest BCUT2D eigenvalue weighted by atomic mass is 10.0. The maximum Gasteiger partial charge on any atom is 0.143 e. The van der Waals surface area contributed by atoms with Gasteiger partial charge in [-0.15, -0.1) is 0 Å². The summed E-state index contributed by atoms with van der Waals surface area (Å²) >= 11 is 0. The van der Waals surface area contributed by atoms with Gasteiger partial charge in [-0.1, -0.05) is 36.6 Å². The molecule has 3 nitrogen and oxygen atoms in total. The van der Waals surface area contributed by atoms with Crippen LogP contribution in [0.1, 0.15) is 44.9 Å². The lowest BCUT2D eigenvalue weighted by Crippen LogP contribution is -2.05. The molecular formula is C13H21NO2. The first-order chi connectivity index (χ1) is 7.88. The Balaban J connectivity index is 2.71. The van der Waals surface area contributed by atoms with Crippen molar-refractivity contribution in [2.75, 3.05) is 7.11 Å². The fraction of sp³-hybridized carbons (Fsp3) is 0.615. The number of allylic oxidation sites excluding steroid dienone is 4. The molecule has 0 spiro atoms. The van der Waals surface area contributed by atoms with Crippen LogP contribution in [0.4, 0.5) is 0 Å². The molecule has 90 valence electrons. The lowest BCUT2D eigenvalue weighted by molar-refractivity contribution is 0.292. The van der Waals surface area contributed by atoms with Crippen molar-refractivity contribution in [1.29, 1.82) is 0 Å². The molecule has 0 aliphatic heterocycles. The van der Waals surface area contributed by atoms with Gasteiger partial charge in [-0.3, -0.25) is 0 Å². The molecule has 0 aromatic heterocycles. The van der Waals surface area contributed by atoms with Crippen LogP contribution < -0.4 is 0 Å². The number of ether oxygens (including phenoxy) is 1. The van der Waals surface area contributed by atoms with E-state index in [1.807, 2.05) is 12.2 Å². The summed E-state index contributed by atoms with van der Waals surface area (Å²) in [6.07, 6.45) is 13.9. The SMILES string of the molecule is CO/C1=C\C=C/CCCCCCC\C1=N/O. The molecule has 0 aromatic carbocycles. The maximum absolute atomic E-state index is 8.94. The van der Waals surface area contributed by atoms with Crippen molar-refractivity contribution in [1.82, 2.24) is 0 Å². The third kappa shape index (κ3) is 4.51. The molecule has 0 amide bonds. The molecule has 1 aliphatic rings. The van der Waals surface area contributed by atoms with E-state index in [1.54, 1.807) is 7.11 Å². The first-order valence-corrected chi connectivity index (χ1v) is 6.00. The molecule has 0 saturated carbocycles. The van der Waals surface area contributed by atoms with Crippen molar-refractivity contribution >= 4 is 5.71 Å². The van der Waals surface area contributed by atoms with Crippen LogP contribution >= 0.6 is 0 Å². The van der Waals surface area contributed by atoms with Crippen molar-refractivity contribution in [3.05, 3.63) is 24.0 Å². The van der Waals surface area contributed by atoms with Crippen LogP contribution in [-0.2, 0) is 4.74 Å². The molecule has 0 radical (unpaired) electrons. The molecule has 0 aromatic rings. The molecule has 3 heteroatoms. The Labute approximate surface area is 97.5 Å². The minimum Gasteiger partial charge on any atom is -0.495 e. The monoisotopic (exact) mass is 223 g/mol. The summed E-state index contributed by atoms with van der Waals surface area (Å²) < 4.78 is 5.22. The Morgan fingerprint density at radius 3 is 2.69 bits per heavy atom. The predicted octanol–water partition coefficient (Wildman–Crippen LogP) is 3.65. The minimum absolute atomic E-state index is 0.646. The number of oxime groups is 1. The van der Waals surface area contributed by atoms with Crippen molar-refractivity contribution in [3.8, 4) is 0 Å². The number of nitrogens with zero attached hydrogens (tertiary/aromatic N) is 1. The smallest absolute Gasteiger partial charge is 0.143 e. The van der Waals surface area contributed by atoms with Crippen LogP contribution in [-0.4, -0.2) is 18.0 Å². The summed E-state index contributed by atoms with van der Waals surface area (Å²) in [4.78, 5) is 0. The van der Waals surface area contributed by atoms with Gasteiger partial charge < -0.3 is 9.94 Å². The van der Waals surface area contributed by atoms with E-state index in [4.69, 9.17) is 9.94 Å². The van der Waals surface area contributed by atoms with Crippen LogP contribution in [0.25, 0.3) is 0 Å². The van der Waals surface area contributed by atoms with Gasteiger partial charge in [-0.05, 0) is 31.8 Å². The van der Waals surface area contributed by atoms with E-state index < -0.39 is 0 Å². The lowest BCUT2D eigenvalue weighted by Gasteiger charge is -2.08. The topological polar surface area (TPSA) is 41.8 Å². The molecule has 0 unspecified atom stereocenters. The largest absolute Gasteiger partial charge is 0.495 e. The van der Waals surface area contributed by atoms with Gasteiger partial charge >= 0.3 is 0 Å². The second-order valence-corrected chi connectivity index (χ2v) is 4.02. The highest BCUT2D eigenvalue weighted by Crippen LogP contribution is 2.13. The number of hydrogen-bond donors (Lipinski definition) is 1. The van der Waals surface area contributed by atoms with Crippen LogP contribution in [0.15, 0.2) is 29.1 Å². The molecule has 0 atom stereocenters. The van der Waals surface area contributed by atoms with Gasteiger partial charge in [-0.25, -0.2) is 0 Å². The zero-order chi connectivity index (χ0) is 11.6. The van der Waals surface area contributed by atoms with Crippen LogP contribution in [0.3, 0.4) is 0 Å². The molecular weight excluding hydrogens is 202 g/mol. The highest BCUT2D eigenvalue weighted by Gasteiger charge is 2.07. The minimum atomic E-state index is 0.646. The van der Waals surface area contributed by atoms with Gasteiger partial charge in [0.2, 0.25) is 0 Å². The average Bonchev–Trinajstić information content (AvgIpc) is 2.30. The third-order valence-electron chi connectivity index (χ3n) is 2.79. The van der Waals surface area contributed by atoms with Crippen LogP contribution in [0.2, 0.25) is 0 Å². The third-order valence-corrected chi connectivity index (χ3v) is 2.79. The molecule has 0 fully saturated rings. The Morgan fingerprint density at radius 1 is 1.19 bits per heavy atom. The highest BCUT2D eigenvalue weighted by molar-refractivity contribution is 5.98. The zero-order valence-corrected chi connectivity index (χ0v) is 9.98. The normalized spacial score (nSPS) is 27.3. The Bertz CT molecular complexity index is 280. The van der Waals surface area contributed by atoms with Gasteiger partial charge in [0.15, 0.2) is 0 Å². The molecule has 16 heavy (non-hydrogen) atoms. The van der Waals surface area contributed by atoms with Crippen molar-refractivity contribution in [2.24, 2.45) is 5.16 Å². The molecule has 1 rings (SSSR count). The summed E-state index contributed by atoms with van der Waals surface area (Å²) in [7, 11) is 1.61. The summed E-state index contributed by atoms with van der Waals surface area (Å²) in [5, 5.41) is 12.3. The first-order valence-electron chi connectivity index (χ1n) is 6.00. The molecule has 1 N–H and O–H groups in total. The average molecular weight is 223 g/mol. The van der Waals surface area contributed by atoms with E-state index >= 15 is 0 Å². The Kier molecular flexibility index (Phi) is 6.38. The number of methoxy groups -OCH3 is 1. The van der Waals surface area contributed by atoms with Gasteiger partial charge in [0, 0.05) is 0 Å². The second-order valence-electron chi connectivity index (χ2n) is 4.02. The Morgan fingerprint density at radius 2 is 1.94 bits per heavy atom. The standard InChI is InChI=1S/C13H21NO2/c1-16-13-11-9-7-5-3-2-4-6-8-10-12(13)14-15/h7,9,11,15H,2-6,8,10H2,1H3/b9-7-,13-11-,14-12+. The molecule has 0 bridgehead atoms. The van der Waals surface area contributed by atoms with Gasteiger partial charge in [0.05, 0.1) is 7.11 Å². The molecule has 0 heterocycles. The fourth-order valence-electron chi connectivity index (χ4n) is 1.84. The summed E-state index contributed by atoms with van der Waals surface area (Å²) in [5.41, 5.74) is 0.646. The zero-order valence-electron chi connectivity index (χ0n) is 9.98. The summed E-state index contributed by atoms with van der Waals surface area (Å²) in [6.45, 7) is 0. The Hall–Kier alpha value is -1.25. The van der Waals surface area contributed by atoms with Gasteiger partial charge in [-0.2, -0.15) is 0 Å². The van der Waals surface area contributed by atoms with E-state index in [2.05, 4.69) is 11.2 Å². The van der Waals surface area contributed by atoms with Gasteiger partial charge in [0.25, 0.3) is 0 Å². The van der Waals surface area contributed by atoms with Crippen molar-refractivity contribution in [2.45, 2.75) is 44.9 Å². The predicted molar refractivity (Wildman–Crippen MR) is 65.8 cm³/mol. The van der Waals surface area contributed by atoms with Crippen molar-refractivity contribution < 1.29 is 9.94 Å². The van der Waals surface area contributed by atoms with Crippen LogP contribution in [0.5, 0.6) is 0 Å². The van der Waals surface area contributed by atoms with E-state index in [-0.39, 0.29) is 0 Å². The summed E-state index contributed by atoms with van der Waals surface area (Å²) in [5.74, 6) is 0.666. The quantitative estimate of drug-likeness (QED) is 0.544. The van der Waals surface area contributed by atoms with E-state index in [0.717, 1.165) is 19.3 Å². The van der Waals surface area contributed by atoms with Gasteiger partial charge in [0.1, 0.15) is 11.5 Å². The maximum atomic E-state index is 8.94. The van der Waals surface area contributed by atoms with Crippen LogP contribution in [0, 0.1) is 0 Å². The van der Waals surface area contributed by atoms with E-state index in [1.165, 1.54) is 25.7 Å².